The second kappa shape index (κ2) is 7.98. The summed E-state index contributed by atoms with van der Waals surface area (Å²) >= 11 is 11.8. The van der Waals surface area contributed by atoms with Gasteiger partial charge in [-0.05, 0) is 35.9 Å². The lowest BCUT2D eigenvalue weighted by atomic mass is 10.2. The predicted octanol–water partition coefficient (Wildman–Crippen LogP) is 4.13. The van der Waals surface area contributed by atoms with Crippen molar-refractivity contribution >= 4 is 46.6 Å². The zero-order valence-electron chi connectivity index (χ0n) is 13.5. The summed E-state index contributed by atoms with van der Waals surface area (Å²) in [6, 6.07) is 9.19. The smallest absolute Gasteiger partial charge is 0.288 e. The summed E-state index contributed by atoms with van der Waals surface area (Å²) in [4.78, 5) is 26.5. The average Bonchev–Trinajstić information content (AvgIpc) is 3.15. The van der Waals surface area contributed by atoms with Gasteiger partial charge in [0.1, 0.15) is 17.7 Å². The van der Waals surface area contributed by atoms with E-state index in [9.17, 15) is 14.9 Å². The fourth-order valence-electron chi connectivity index (χ4n) is 2.26. The van der Waals surface area contributed by atoms with Gasteiger partial charge in [0, 0.05) is 17.2 Å². The molecule has 0 aliphatic rings. The molecule has 27 heavy (non-hydrogen) atoms. The van der Waals surface area contributed by atoms with E-state index < -0.39 is 10.8 Å². The molecular weight excluding hydrogens is 393 g/mol. The maximum atomic E-state index is 12.3. The number of anilines is 1. The van der Waals surface area contributed by atoms with E-state index in [0.717, 1.165) is 0 Å². The van der Waals surface area contributed by atoms with E-state index in [4.69, 9.17) is 23.2 Å². The van der Waals surface area contributed by atoms with Crippen molar-refractivity contribution in [1.82, 2.24) is 14.8 Å². The van der Waals surface area contributed by atoms with E-state index in [2.05, 4.69) is 15.4 Å². The van der Waals surface area contributed by atoms with Crippen LogP contribution < -0.4 is 5.32 Å². The number of carbonyl (C=O) groups is 1. The molecule has 0 aliphatic heterocycles. The normalized spacial score (nSPS) is 10.9. The molecule has 0 fully saturated rings. The number of nitrogens with one attached hydrogen (secondary N) is 1. The Morgan fingerprint density at radius 1 is 1.22 bits per heavy atom. The topological polar surface area (TPSA) is 103 Å². The van der Waals surface area contributed by atoms with Crippen LogP contribution in [-0.2, 0) is 4.79 Å². The lowest BCUT2D eigenvalue weighted by molar-refractivity contribution is -0.384. The Hall–Kier alpha value is -3.23. The Morgan fingerprint density at radius 3 is 2.74 bits per heavy atom. The first kappa shape index (κ1) is 18.6. The molecule has 1 amide bonds. The zero-order chi connectivity index (χ0) is 19.4. The lowest BCUT2D eigenvalue weighted by Crippen LogP contribution is -2.11. The number of benzene rings is 2. The highest BCUT2D eigenvalue weighted by Gasteiger charge is 2.12. The monoisotopic (exact) mass is 403 g/mol. The number of hydrogen-bond acceptors (Lipinski definition) is 5. The molecule has 136 valence electrons. The SMILES string of the molecule is O=C(/C=C/c1ccc(Cl)c([N+](=O)[O-])c1)Nc1cc(Cl)ccc1-n1cncn1. The summed E-state index contributed by atoms with van der Waals surface area (Å²) in [5, 5.41) is 18.1. The van der Waals surface area contributed by atoms with E-state index in [1.807, 2.05) is 0 Å². The van der Waals surface area contributed by atoms with Crippen LogP contribution in [0.4, 0.5) is 11.4 Å². The van der Waals surface area contributed by atoms with Crippen molar-refractivity contribution in [2.45, 2.75) is 0 Å². The fraction of sp³-hybridized carbons (Fsp3) is 0. The summed E-state index contributed by atoms with van der Waals surface area (Å²) < 4.78 is 1.48. The van der Waals surface area contributed by atoms with E-state index in [1.54, 1.807) is 24.3 Å². The number of halogens is 2. The maximum absolute atomic E-state index is 12.3. The lowest BCUT2D eigenvalue weighted by Gasteiger charge is -2.10. The summed E-state index contributed by atoms with van der Waals surface area (Å²) in [5.74, 6) is -0.448. The van der Waals surface area contributed by atoms with Gasteiger partial charge in [-0.25, -0.2) is 9.67 Å². The summed E-state index contributed by atoms with van der Waals surface area (Å²) in [5.41, 5.74) is 1.25. The number of amides is 1. The number of hydrogen-bond donors (Lipinski definition) is 1. The van der Waals surface area contributed by atoms with Crippen LogP contribution in [0, 0.1) is 10.1 Å². The number of nitro groups is 1. The van der Waals surface area contributed by atoms with E-state index in [0.29, 0.717) is 22.0 Å². The van der Waals surface area contributed by atoms with Gasteiger partial charge in [0.05, 0.1) is 16.3 Å². The Balaban J connectivity index is 1.81. The van der Waals surface area contributed by atoms with E-state index in [-0.39, 0.29) is 10.7 Å². The third-order valence-corrected chi connectivity index (χ3v) is 4.03. The molecule has 0 bridgehead atoms. The number of aromatic nitrogens is 3. The van der Waals surface area contributed by atoms with Crippen LogP contribution in [0.1, 0.15) is 5.56 Å². The van der Waals surface area contributed by atoms with Crippen LogP contribution >= 0.6 is 23.2 Å². The third kappa shape index (κ3) is 4.49. The molecule has 3 rings (SSSR count). The van der Waals surface area contributed by atoms with E-state index >= 15 is 0 Å². The van der Waals surface area contributed by atoms with Crippen molar-refractivity contribution < 1.29 is 9.72 Å². The van der Waals surface area contributed by atoms with Gasteiger partial charge in [-0.2, -0.15) is 5.10 Å². The fourth-order valence-corrected chi connectivity index (χ4v) is 2.62. The molecule has 0 saturated heterocycles. The van der Waals surface area contributed by atoms with Gasteiger partial charge in [-0.15, -0.1) is 0 Å². The second-order valence-electron chi connectivity index (χ2n) is 5.29. The van der Waals surface area contributed by atoms with Crippen molar-refractivity contribution in [3.05, 3.63) is 80.9 Å². The molecule has 1 N–H and O–H groups in total. The Morgan fingerprint density at radius 2 is 2.04 bits per heavy atom. The van der Waals surface area contributed by atoms with Gasteiger partial charge in [0.2, 0.25) is 5.91 Å². The minimum absolute atomic E-state index is 0.0259. The van der Waals surface area contributed by atoms with Crippen LogP contribution in [0.2, 0.25) is 10.0 Å². The molecule has 1 aromatic heterocycles. The number of nitrogens with zero attached hydrogens (tertiary/aromatic N) is 4. The standard InChI is InChI=1S/C17H11Cl2N5O3/c18-12-3-5-15(23-10-20-9-21-23)14(8-12)22-17(25)6-2-11-1-4-13(19)16(7-11)24(26)27/h1-10H,(H,22,25)/b6-2+. The molecule has 8 nitrogen and oxygen atoms in total. The molecule has 2 aromatic carbocycles. The van der Waals surface area contributed by atoms with Gasteiger partial charge in [-0.1, -0.05) is 29.3 Å². The number of nitro benzene ring substituents is 1. The van der Waals surface area contributed by atoms with Crippen LogP contribution in [0.15, 0.2) is 55.1 Å². The first-order valence-electron chi connectivity index (χ1n) is 7.51. The third-order valence-electron chi connectivity index (χ3n) is 3.48. The molecule has 3 aromatic rings. The van der Waals surface area contributed by atoms with Gasteiger partial charge < -0.3 is 5.32 Å². The highest BCUT2D eigenvalue weighted by molar-refractivity contribution is 6.32. The largest absolute Gasteiger partial charge is 0.321 e. The van der Waals surface area contributed by atoms with Crippen LogP contribution in [0.25, 0.3) is 11.8 Å². The summed E-state index contributed by atoms with van der Waals surface area (Å²) in [6.07, 6.45) is 5.55. The Kier molecular flexibility index (Phi) is 5.49. The van der Waals surface area contributed by atoms with Crippen LogP contribution in [0.3, 0.4) is 0 Å². The Bertz CT molecular complexity index is 1040. The zero-order valence-corrected chi connectivity index (χ0v) is 15.1. The van der Waals surface area contributed by atoms with Crippen molar-refractivity contribution in [3.8, 4) is 5.69 Å². The highest BCUT2D eigenvalue weighted by atomic mass is 35.5. The van der Waals surface area contributed by atoms with Crippen LogP contribution in [0.5, 0.6) is 0 Å². The minimum Gasteiger partial charge on any atom is -0.321 e. The maximum Gasteiger partial charge on any atom is 0.288 e. The minimum atomic E-state index is -0.587. The van der Waals surface area contributed by atoms with Gasteiger partial charge in [0.25, 0.3) is 5.69 Å². The summed E-state index contributed by atoms with van der Waals surface area (Å²) in [7, 11) is 0. The van der Waals surface area contributed by atoms with Crippen LogP contribution in [-0.4, -0.2) is 25.6 Å². The average molecular weight is 404 g/mol. The van der Waals surface area contributed by atoms with Crippen molar-refractivity contribution in [2.75, 3.05) is 5.32 Å². The molecule has 0 saturated carbocycles. The molecule has 0 unspecified atom stereocenters. The molecule has 10 heteroatoms. The second-order valence-corrected chi connectivity index (χ2v) is 6.14. The van der Waals surface area contributed by atoms with Crippen molar-refractivity contribution in [2.24, 2.45) is 0 Å². The first-order valence-corrected chi connectivity index (χ1v) is 8.27. The quantitative estimate of drug-likeness (QED) is 0.391. The van der Waals surface area contributed by atoms with Gasteiger partial charge in [-0.3, -0.25) is 14.9 Å². The molecule has 0 aliphatic carbocycles. The van der Waals surface area contributed by atoms with Crippen molar-refractivity contribution in [1.29, 1.82) is 0 Å². The first-order chi connectivity index (χ1) is 12.9. The Labute approximate surface area is 163 Å². The summed E-state index contributed by atoms with van der Waals surface area (Å²) in [6.45, 7) is 0. The molecule has 0 radical (unpaired) electrons. The van der Waals surface area contributed by atoms with Crippen molar-refractivity contribution in [3.63, 3.8) is 0 Å². The van der Waals surface area contributed by atoms with E-state index in [1.165, 1.54) is 41.6 Å². The van der Waals surface area contributed by atoms with Gasteiger partial charge >= 0.3 is 0 Å². The number of rotatable bonds is 5. The molecule has 0 spiro atoms. The molecular formula is C17H11Cl2N5O3. The highest BCUT2D eigenvalue weighted by Crippen LogP contribution is 2.26. The molecule has 0 atom stereocenters. The molecule has 1 heterocycles. The number of carbonyl (C=O) groups excluding carboxylic acids is 1. The predicted molar refractivity (Wildman–Crippen MR) is 102 cm³/mol. The van der Waals surface area contributed by atoms with Gasteiger partial charge in [0.15, 0.2) is 0 Å².